The predicted octanol–water partition coefficient (Wildman–Crippen LogP) is 2.11. The van der Waals surface area contributed by atoms with E-state index in [1.165, 1.54) is 38.6 Å². The quantitative estimate of drug-likeness (QED) is 0.728. The Morgan fingerprint density at radius 3 is 2.43 bits per heavy atom. The molecule has 0 spiro atoms. The first-order valence-electron chi connectivity index (χ1n) is 6.14. The van der Waals surface area contributed by atoms with Gasteiger partial charge in [-0.2, -0.15) is 0 Å². The lowest BCUT2D eigenvalue weighted by Crippen LogP contribution is -2.44. The van der Waals surface area contributed by atoms with Gasteiger partial charge in [0.05, 0.1) is 0 Å². The third kappa shape index (κ3) is 3.25. The molecule has 1 aliphatic carbocycles. The van der Waals surface area contributed by atoms with Gasteiger partial charge in [0, 0.05) is 12.6 Å². The fraction of sp³-hybridized carbons (Fsp3) is 1.00. The molecular weight excluding hydrogens is 172 g/mol. The Labute approximate surface area is 89.1 Å². The van der Waals surface area contributed by atoms with E-state index in [0.29, 0.717) is 0 Å². The van der Waals surface area contributed by atoms with E-state index >= 15 is 0 Å². The number of hydrogen-bond acceptors (Lipinski definition) is 2. The lowest BCUT2D eigenvalue weighted by molar-refractivity contribution is 0.148. The minimum absolute atomic E-state index is 0.755. The van der Waals surface area contributed by atoms with Gasteiger partial charge in [-0.1, -0.05) is 26.2 Å². The van der Waals surface area contributed by atoms with Gasteiger partial charge in [0.2, 0.25) is 0 Å². The average Bonchev–Trinajstić information content (AvgIpc) is 2.26. The highest BCUT2D eigenvalue weighted by molar-refractivity contribution is 4.81. The van der Waals surface area contributed by atoms with Crippen LogP contribution in [0.15, 0.2) is 0 Å². The van der Waals surface area contributed by atoms with Crippen molar-refractivity contribution in [2.75, 3.05) is 27.2 Å². The van der Waals surface area contributed by atoms with Crippen LogP contribution in [0.1, 0.15) is 39.0 Å². The van der Waals surface area contributed by atoms with Crippen LogP contribution in [-0.2, 0) is 0 Å². The Hall–Kier alpha value is -0.0800. The highest BCUT2D eigenvalue weighted by Crippen LogP contribution is 2.28. The minimum atomic E-state index is 0.755. The molecule has 1 fully saturated rings. The Bertz CT molecular complexity index is 141. The van der Waals surface area contributed by atoms with E-state index in [2.05, 4.69) is 31.2 Å². The molecule has 1 N–H and O–H groups in total. The van der Waals surface area contributed by atoms with Crippen LogP contribution < -0.4 is 5.32 Å². The topological polar surface area (TPSA) is 15.3 Å². The molecule has 0 aromatic rings. The lowest BCUT2D eigenvalue weighted by atomic mass is 9.83. The van der Waals surface area contributed by atoms with Gasteiger partial charge in [0.15, 0.2) is 0 Å². The smallest absolute Gasteiger partial charge is 0.0245 e. The van der Waals surface area contributed by atoms with E-state index in [1.807, 2.05) is 0 Å². The van der Waals surface area contributed by atoms with Gasteiger partial charge in [-0.3, -0.25) is 0 Å². The Balaban J connectivity index is 2.46. The van der Waals surface area contributed by atoms with E-state index in [-0.39, 0.29) is 0 Å². The van der Waals surface area contributed by atoms with Crippen molar-refractivity contribution in [3.05, 3.63) is 0 Å². The molecule has 0 aromatic carbocycles. The number of likely N-dealkylation sites (N-methyl/N-ethyl adjacent to an activating group) is 2. The van der Waals surface area contributed by atoms with E-state index < -0.39 is 0 Å². The average molecular weight is 198 g/mol. The van der Waals surface area contributed by atoms with Crippen molar-refractivity contribution in [3.8, 4) is 0 Å². The molecule has 0 saturated heterocycles. The maximum absolute atomic E-state index is 3.34. The summed E-state index contributed by atoms with van der Waals surface area (Å²) in [5, 5.41) is 3.34. The van der Waals surface area contributed by atoms with Crippen LogP contribution in [-0.4, -0.2) is 38.1 Å². The highest BCUT2D eigenvalue weighted by Gasteiger charge is 2.25. The molecule has 84 valence electrons. The zero-order chi connectivity index (χ0) is 10.4. The van der Waals surface area contributed by atoms with Crippen LogP contribution >= 0.6 is 0 Å². The highest BCUT2D eigenvalue weighted by atomic mass is 15.1. The van der Waals surface area contributed by atoms with Crippen LogP contribution in [0.2, 0.25) is 0 Å². The maximum atomic E-state index is 3.34. The summed E-state index contributed by atoms with van der Waals surface area (Å²) < 4.78 is 0. The van der Waals surface area contributed by atoms with Crippen molar-refractivity contribution < 1.29 is 0 Å². The molecule has 0 bridgehead atoms. The summed E-state index contributed by atoms with van der Waals surface area (Å²) in [5.41, 5.74) is 0. The molecule has 0 amide bonds. The molecule has 0 aliphatic heterocycles. The Morgan fingerprint density at radius 2 is 1.93 bits per heavy atom. The molecule has 1 aliphatic rings. The zero-order valence-electron chi connectivity index (χ0n) is 10.1. The summed E-state index contributed by atoms with van der Waals surface area (Å²) in [6.07, 6.45) is 7.23. The first-order valence-corrected chi connectivity index (χ1v) is 6.14. The first-order chi connectivity index (χ1) is 6.79. The van der Waals surface area contributed by atoms with Crippen LogP contribution in [0.5, 0.6) is 0 Å². The molecular formula is C12H26N2. The second-order valence-electron chi connectivity index (χ2n) is 4.60. The molecule has 0 aromatic heterocycles. The molecule has 0 heterocycles. The molecule has 2 nitrogen and oxygen atoms in total. The van der Waals surface area contributed by atoms with Crippen molar-refractivity contribution in [3.63, 3.8) is 0 Å². The summed E-state index contributed by atoms with van der Waals surface area (Å²) >= 11 is 0. The first kappa shape index (κ1) is 12.0. The Morgan fingerprint density at radius 1 is 1.29 bits per heavy atom. The minimum Gasteiger partial charge on any atom is -0.318 e. The fourth-order valence-corrected chi connectivity index (χ4v) is 2.64. The number of rotatable bonds is 5. The summed E-state index contributed by atoms with van der Waals surface area (Å²) in [5.74, 6) is 0.932. The Kier molecular flexibility index (Phi) is 5.49. The third-order valence-electron chi connectivity index (χ3n) is 3.67. The third-order valence-corrected chi connectivity index (χ3v) is 3.67. The van der Waals surface area contributed by atoms with Gasteiger partial charge in [0.25, 0.3) is 0 Å². The maximum Gasteiger partial charge on any atom is 0.0245 e. The normalized spacial score (nSPS) is 21.4. The van der Waals surface area contributed by atoms with Crippen LogP contribution in [0, 0.1) is 5.92 Å². The number of nitrogens with one attached hydrogen (secondary N) is 1. The zero-order valence-corrected chi connectivity index (χ0v) is 10.1. The summed E-state index contributed by atoms with van der Waals surface area (Å²) in [6, 6.07) is 0.755. The molecule has 14 heavy (non-hydrogen) atoms. The van der Waals surface area contributed by atoms with E-state index in [0.717, 1.165) is 18.5 Å². The summed E-state index contributed by atoms with van der Waals surface area (Å²) in [6.45, 7) is 4.57. The van der Waals surface area contributed by atoms with Crippen molar-refractivity contribution in [1.82, 2.24) is 10.2 Å². The van der Waals surface area contributed by atoms with E-state index in [4.69, 9.17) is 0 Å². The lowest BCUT2D eigenvalue weighted by Gasteiger charge is -2.36. The van der Waals surface area contributed by atoms with Crippen molar-refractivity contribution in [2.24, 2.45) is 5.92 Å². The van der Waals surface area contributed by atoms with Crippen molar-refractivity contribution in [1.29, 1.82) is 0 Å². The van der Waals surface area contributed by atoms with Gasteiger partial charge in [0.1, 0.15) is 0 Å². The molecule has 1 saturated carbocycles. The predicted molar refractivity (Wildman–Crippen MR) is 62.6 cm³/mol. The van der Waals surface area contributed by atoms with E-state index in [1.54, 1.807) is 0 Å². The second-order valence-corrected chi connectivity index (χ2v) is 4.60. The van der Waals surface area contributed by atoms with Crippen LogP contribution in [0.4, 0.5) is 0 Å². The SMILES string of the molecule is CCN(C)C(CNC)C1CCCCC1. The van der Waals surface area contributed by atoms with Gasteiger partial charge in [-0.15, -0.1) is 0 Å². The van der Waals surface area contributed by atoms with Gasteiger partial charge in [-0.25, -0.2) is 0 Å². The fourth-order valence-electron chi connectivity index (χ4n) is 2.64. The van der Waals surface area contributed by atoms with Gasteiger partial charge in [-0.05, 0) is 39.4 Å². The standard InChI is InChI=1S/C12H26N2/c1-4-14(3)12(10-13-2)11-8-6-5-7-9-11/h11-13H,4-10H2,1-3H3. The monoisotopic (exact) mass is 198 g/mol. The van der Waals surface area contributed by atoms with Crippen molar-refractivity contribution >= 4 is 0 Å². The number of nitrogens with zero attached hydrogens (tertiary/aromatic N) is 1. The van der Waals surface area contributed by atoms with Crippen LogP contribution in [0.25, 0.3) is 0 Å². The summed E-state index contributed by atoms with van der Waals surface area (Å²) in [4.78, 5) is 2.51. The molecule has 1 atom stereocenters. The van der Waals surface area contributed by atoms with Crippen LogP contribution in [0.3, 0.4) is 0 Å². The molecule has 1 rings (SSSR count). The van der Waals surface area contributed by atoms with Gasteiger partial charge >= 0.3 is 0 Å². The molecule has 2 heteroatoms. The van der Waals surface area contributed by atoms with Gasteiger partial charge < -0.3 is 10.2 Å². The molecule has 1 unspecified atom stereocenters. The number of hydrogen-bond donors (Lipinski definition) is 1. The van der Waals surface area contributed by atoms with E-state index in [9.17, 15) is 0 Å². The largest absolute Gasteiger partial charge is 0.318 e. The summed E-state index contributed by atoms with van der Waals surface area (Å²) in [7, 11) is 4.33. The second kappa shape index (κ2) is 6.41. The van der Waals surface area contributed by atoms with Crippen molar-refractivity contribution in [2.45, 2.75) is 45.1 Å². The molecule has 0 radical (unpaired) electrons.